The highest BCUT2D eigenvalue weighted by atomic mass is 35.5. The van der Waals surface area contributed by atoms with E-state index in [0.29, 0.717) is 47.7 Å². The summed E-state index contributed by atoms with van der Waals surface area (Å²) in [4.78, 5) is 19.0. The van der Waals surface area contributed by atoms with Gasteiger partial charge in [0.2, 0.25) is 5.91 Å². The van der Waals surface area contributed by atoms with E-state index in [1.807, 2.05) is 29.2 Å². The normalized spacial score (nSPS) is 18.9. The van der Waals surface area contributed by atoms with Crippen LogP contribution >= 0.6 is 11.6 Å². The lowest BCUT2D eigenvalue weighted by Crippen LogP contribution is -2.54. The molecule has 2 aliphatic rings. The Morgan fingerprint density at radius 3 is 2.88 bits per heavy atom. The molecule has 2 aliphatic heterocycles. The van der Waals surface area contributed by atoms with Crippen LogP contribution in [0.3, 0.4) is 0 Å². The van der Waals surface area contributed by atoms with Crippen molar-refractivity contribution in [3.8, 4) is 11.5 Å². The van der Waals surface area contributed by atoms with Gasteiger partial charge in [-0.25, -0.2) is 4.99 Å². The molecule has 1 unspecified atom stereocenters. The summed E-state index contributed by atoms with van der Waals surface area (Å²) in [6, 6.07) is 12.3. The summed E-state index contributed by atoms with van der Waals surface area (Å²) in [6.07, 6.45) is -7.42. The van der Waals surface area contributed by atoms with Gasteiger partial charge in [-0.2, -0.15) is 13.2 Å². The van der Waals surface area contributed by atoms with Crippen LogP contribution in [0.15, 0.2) is 47.5 Å². The lowest BCUT2D eigenvalue weighted by atomic mass is 10.1. The van der Waals surface area contributed by atoms with E-state index in [9.17, 15) is 18.0 Å². The molecule has 11 heteroatoms. The number of nitrogens with zero attached hydrogens (tertiary/aromatic N) is 2. The van der Waals surface area contributed by atoms with Gasteiger partial charge in [-0.05, 0) is 30.3 Å². The molecule has 2 heterocycles. The van der Waals surface area contributed by atoms with Crippen LogP contribution in [0.2, 0.25) is 5.02 Å². The summed E-state index contributed by atoms with van der Waals surface area (Å²) in [5, 5.41) is 14.9. The van der Waals surface area contributed by atoms with Crippen molar-refractivity contribution in [1.29, 1.82) is 0 Å². The quantitative estimate of drug-likeness (QED) is 0.623. The Labute approximate surface area is 193 Å². The van der Waals surface area contributed by atoms with Gasteiger partial charge >= 0.3 is 6.18 Å². The van der Waals surface area contributed by atoms with Crippen molar-refractivity contribution in [2.75, 3.05) is 26.2 Å². The molecule has 2 aromatic carbocycles. The number of nitrogens with one attached hydrogen (secondary N) is 2. The van der Waals surface area contributed by atoms with Gasteiger partial charge in [-0.3, -0.25) is 4.79 Å². The molecule has 1 amide bonds. The third-order valence-corrected chi connectivity index (χ3v) is 5.59. The number of alkyl halides is 3. The second kappa shape index (κ2) is 9.58. The van der Waals surface area contributed by atoms with E-state index in [0.717, 1.165) is 5.56 Å². The molecule has 0 saturated carbocycles. The zero-order valence-electron chi connectivity index (χ0n) is 17.4. The number of ether oxygens (including phenoxy) is 1. The van der Waals surface area contributed by atoms with E-state index in [1.165, 1.54) is 0 Å². The average molecular weight is 483 g/mol. The van der Waals surface area contributed by atoms with E-state index in [2.05, 4.69) is 10.6 Å². The molecule has 33 heavy (non-hydrogen) atoms. The lowest BCUT2D eigenvalue weighted by Gasteiger charge is -2.35. The van der Waals surface area contributed by atoms with Crippen LogP contribution in [0.25, 0.3) is 0 Å². The van der Waals surface area contributed by atoms with Crippen LogP contribution in [0.5, 0.6) is 11.5 Å². The van der Waals surface area contributed by atoms with Crippen molar-refractivity contribution in [3.05, 3.63) is 53.1 Å². The zero-order valence-corrected chi connectivity index (χ0v) is 18.2. The van der Waals surface area contributed by atoms with Gasteiger partial charge in [-0.1, -0.05) is 23.7 Å². The smallest absolute Gasteiger partial charge is 0.416 e. The van der Waals surface area contributed by atoms with Crippen LogP contribution in [-0.4, -0.2) is 66.3 Å². The first kappa shape index (κ1) is 23.3. The second-order valence-electron chi connectivity index (χ2n) is 7.81. The first-order valence-corrected chi connectivity index (χ1v) is 10.7. The van der Waals surface area contributed by atoms with Crippen LogP contribution in [-0.2, 0) is 4.79 Å². The number of hydrogen-bond acceptors (Lipinski definition) is 6. The molecular weight excluding hydrogens is 461 g/mol. The van der Waals surface area contributed by atoms with E-state index < -0.39 is 24.7 Å². The molecule has 0 bridgehead atoms. The molecule has 3 N–H and O–H groups in total. The number of hydrogen-bond donors (Lipinski definition) is 3. The Hall–Kier alpha value is -2.82. The van der Waals surface area contributed by atoms with Gasteiger partial charge in [0, 0.05) is 37.1 Å². The standard InChI is InChI=1S/C22H22ClF3N4O3/c23-13-5-6-18-16(9-13)29-21(15-3-1-2-4-17(15)33-18)30-8-7-27-14(12-30)10-20(32)28-11-19(31)22(24,25)26/h1-6,9,14,19,27,31H,7-8,10-12H2,(H,28,32)/t14?,19-/m0/s1. The highest BCUT2D eigenvalue weighted by molar-refractivity contribution is 6.31. The first-order chi connectivity index (χ1) is 15.7. The maximum absolute atomic E-state index is 12.4. The highest BCUT2D eigenvalue weighted by Gasteiger charge is 2.38. The molecule has 7 nitrogen and oxygen atoms in total. The zero-order chi connectivity index (χ0) is 23.6. The van der Waals surface area contributed by atoms with Gasteiger partial charge in [0.1, 0.15) is 17.3 Å². The Balaban J connectivity index is 1.50. The summed E-state index contributed by atoms with van der Waals surface area (Å²) in [6.45, 7) is 0.674. The monoisotopic (exact) mass is 482 g/mol. The fraction of sp³-hybridized carbons (Fsp3) is 0.364. The maximum atomic E-state index is 12.4. The number of benzene rings is 2. The van der Waals surface area contributed by atoms with E-state index in [4.69, 9.17) is 26.4 Å². The molecule has 2 atom stereocenters. The van der Waals surface area contributed by atoms with Crippen LogP contribution < -0.4 is 15.4 Å². The van der Waals surface area contributed by atoms with Crippen LogP contribution in [0.4, 0.5) is 18.9 Å². The topological polar surface area (TPSA) is 86.2 Å². The van der Waals surface area contributed by atoms with Crippen molar-refractivity contribution < 1.29 is 27.8 Å². The molecule has 176 valence electrons. The number of aliphatic hydroxyl groups is 1. The predicted octanol–water partition coefficient (Wildman–Crippen LogP) is 3.23. The van der Waals surface area contributed by atoms with Crippen LogP contribution in [0.1, 0.15) is 12.0 Å². The summed E-state index contributed by atoms with van der Waals surface area (Å²) in [5.74, 6) is 1.27. The van der Waals surface area contributed by atoms with Crippen molar-refractivity contribution >= 4 is 29.0 Å². The number of fused-ring (bicyclic) bond motifs is 2. The number of rotatable bonds is 4. The molecule has 0 radical (unpaired) electrons. The SMILES string of the molecule is O=C(CC1CN(C2=Nc3cc(Cl)ccc3Oc3ccccc32)CCN1)NC[C@H](O)C(F)(F)F. The number of halogens is 4. The number of carbonyl (C=O) groups is 1. The summed E-state index contributed by atoms with van der Waals surface area (Å²) >= 11 is 6.15. The van der Waals surface area contributed by atoms with Gasteiger partial charge in [0.15, 0.2) is 11.9 Å². The maximum Gasteiger partial charge on any atom is 0.416 e. The van der Waals surface area contributed by atoms with E-state index >= 15 is 0 Å². The third kappa shape index (κ3) is 5.58. The number of aliphatic imine (C=N–C) groups is 1. The molecule has 0 spiro atoms. The van der Waals surface area contributed by atoms with Crippen LogP contribution in [0, 0.1) is 0 Å². The molecular formula is C22H22ClF3N4O3. The number of piperazine rings is 1. The number of amidine groups is 1. The van der Waals surface area contributed by atoms with Gasteiger partial charge < -0.3 is 25.4 Å². The molecule has 0 aliphatic carbocycles. The Morgan fingerprint density at radius 1 is 1.30 bits per heavy atom. The second-order valence-corrected chi connectivity index (χ2v) is 8.24. The lowest BCUT2D eigenvalue weighted by molar-refractivity contribution is -0.201. The fourth-order valence-corrected chi connectivity index (χ4v) is 3.88. The predicted molar refractivity (Wildman–Crippen MR) is 117 cm³/mol. The third-order valence-electron chi connectivity index (χ3n) is 5.35. The molecule has 1 saturated heterocycles. The molecule has 1 fully saturated rings. The Bertz CT molecular complexity index is 1060. The number of aliphatic hydroxyl groups excluding tert-OH is 1. The molecule has 0 aromatic heterocycles. The minimum Gasteiger partial charge on any atom is -0.454 e. The molecule has 4 rings (SSSR count). The average Bonchev–Trinajstić information content (AvgIpc) is 2.93. The van der Waals surface area contributed by atoms with Gasteiger partial charge in [-0.15, -0.1) is 0 Å². The first-order valence-electron chi connectivity index (χ1n) is 10.4. The fourth-order valence-electron chi connectivity index (χ4n) is 3.72. The van der Waals surface area contributed by atoms with Crippen molar-refractivity contribution in [2.24, 2.45) is 4.99 Å². The van der Waals surface area contributed by atoms with Crippen molar-refractivity contribution in [1.82, 2.24) is 15.5 Å². The largest absolute Gasteiger partial charge is 0.454 e. The molecule has 2 aromatic rings. The Kier molecular flexibility index (Phi) is 6.78. The minimum absolute atomic E-state index is 0.0467. The Morgan fingerprint density at radius 2 is 2.09 bits per heavy atom. The highest BCUT2D eigenvalue weighted by Crippen LogP contribution is 2.39. The van der Waals surface area contributed by atoms with Gasteiger partial charge in [0.25, 0.3) is 0 Å². The van der Waals surface area contributed by atoms with E-state index in [1.54, 1.807) is 18.2 Å². The summed E-state index contributed by atoms with van der Waals surface area (Å²) in [7, 11) is 0. The number of para-hydroxylation sites is 1. The number of amides is 1. The minimum atomic E-state index is -4.78. The van der Waals surface area contributed by atoms with Crippen molar-refractivity contribution in [3.63, 3.8) is 0 Å². The van der Waals surface area contributed by atoms with Crippen molar-refractivity contribution in [2.45, 2.75) is 24.7 Å². The van der Waals surface area contributed by atoms with E-state index in [-0.39, 0.29) is 12.5 Å². The summed E-state index contributed by atoms with van der Waals surface area (Å²) < 4.78 is 43.4. The van der Waals surface area contributed by atoms with Gasteiger partial charge in [0.05, 0.1) is 12.1 Å². The summed E-state index contributed by atoms with van der Waals surface area (Å²) in [5.41, 5.74) is 1.35. The number of carbonyl (C=O) groups excluding carboxylic acids is 1.